The van der Waals surface area contributed by atoms with Crippen molar-refractivity contribution in [2.24, 2.45) is 64.5 Å². The van der Waals surface area contributed by atoms with Crippen molar-refractivity contribution in [3.8, 4) is 68.7 Å². The third kappa shape index (κ3) is 22.1. The van der Waals surface area contributed by atoms with E-state index < -0.39 is 5.41 Å². The first-order valence-corrected chi connectivity index (χ1v) is 49.2. The number of aromatic nitrogens is 12. The number of hydrogen-bond donors (Lipinski definition) is 9. The van der Waals surface area contributed by atoms with Crippen LogP contribution >= 0.6 is 46.9 Å². The SMILES string of the molecule is CC(=O)NCCOc1cc(-n2nc3ccc(Cl)cc3n2)c(O)c(C(C)(C)C)c1.CC(=O)NCCOc1cc(-n2nc3ccc(SCCN)cc3n2)c(O)c(C(C)(C)C)c1.CC(C)(C)c1cc(OCCN)cc(-n2nc3ccc(SCCN)cc3n2)c1O.CC(C)(C)c1cc(OCCN2C(=O)C3C4C=CC(C4)C3C2=O)cc(-n2nc3ccc(SCCN4C(=O)C5C6C=CC(C6)C5C4=O)cc3n2)c1O. The summed E-state index contributed by atoms with van der Waals surface area (Å²) in [6, 6.07) is 36.8. The van der Waals surface area contributed by atoms with Crippen molar-refractivity contribution >= 4 is 126 Å². The van der Waals surface area contributed by atoms with E-state index in [-0.39, 0.29) is 135 Å². The molecule has 2 saturated heterocycles. The molecule has 6 heterocycles. The third-order valence-corrected chi connectivity index (χ3v) is 27.9. The number of thioether (sulfide) groups is 3. The fraction of sp³-hybridized carbons (Fsp3) is 0.420. The Balaban J connectivity index is 0.000000144. The van der Waals surface area contributed by atoms with Crippen LogP contribution in [0.4, 0.5) is 0 Å². The maximum absolute atomic E-state index is 13.1. The number of nitrogens with zero attached hydrogens (tertiary/aromatic N) is 14. The number of imide groups is 2. The van der Waals surface area contributed by atoms with Crippen LogP contribution in [0.25, 0.3) is 66.9 Å². The molecular formula is C100H118ClN19O14S3. The number of halogens is 1. The highest BCUT2D eigenvalue weighted by atomic mass is 35.5. The Morgan fingerprint density at radius 1 is 0.372 bits per heavy atom. The van der Waals surface area contributed by atoms with Crippen LogP contribution < -0.4 is 46.8 Å². The number of aromatic hydroxyl groups is 4. The summed E-state index contributed by atoms with van der Waals surface area (Å²) in [6.07, 6.45) is 10.2. The molecule has 8 atom stereocenters. The van der Waals surface area contributed by atoms with E-state index in [4.69, 9.17) is 52.8 Å². The Morgan fingerprint density at radius 2 is 0.650 bits per heavy atom. The average Bonchev–Trinajstić information content (AvgIpc) is 1.57. The zero-order valence-electron chi connectivity index (χ0n) is 79.3. The predicted octanol–water partition coefficient (Wildman–Crippen LogP) is 13.9. The molecule has 4 aliphatic carbocycles. The molecule has 37 heteroatoms. The molecule has 33 nitrogen and oxygen atoms in total. The van der Waals surface area contributed by atoms with Gasteiger partial charge in [-0.1, -0.05) is 119 Å². The number of ether oxygens (including phenoxy) is 4. The maximum Gasteiger partial charge on any atom is 0.233 e. The smallest absolute Gasteiger partial charge is 0.233 e. The van der Waals surface area contributed by atoms with E-state index >= 15 is 0 Å². The lowest BCUT2D eigenvalue weighted by atomic mass is 9.85. The molecule has 6 amide bonds. The standard InChI is InChI=1S/C38H39N5O6S.C22H29N5O3S.C20H23ClN4O3.C20H27N5O2S/c1-38(2,3)25-16-23(49-12-10-41-34(45)29-19-4-5-20(14-19)30(29)35(41)46)17-28(33(25)44)43-39-26-9-8-24(18-27(26)40-43)50-13-11-42-36(47)31-21-6-7-22(15-21)32(31)37(42)48;1-14(28)24-8-9-30-15-11-17(22(2,3)4)21(29)20(12-15)27-25-18-6-5-16(31-10-7-23)13-19(18)26-27;1-12(26)22-7-8-28-14-10-15(20(2,3)4)19(27)18(11-14)25-23-16-6-5-13(21)9-17(16)24-25;1-20(2,3)15-10-13(27-8-6-21)11-18(19(15)26)25-23-16-5-4-14(28-9-7-22)12-17(16)24-25/h4-9,16-22,29-32,44H,10-15H2,1-3H3;5-6,11-13,29H,7-10,23H2,1-4H3,(H,24,28);5-6,9-11,27H,7-8H2,1-4H3,(H,22,26);4-5,10-12,26H,6-9,21-22H2,1-3H3. The number of carbonyl (C=O) groups is 6. The van der Waals surface area contributed by atoms with Gasteiger partial charge in [0, 0.05) is 124 Å². The number of hydrogen-bond acceptors (Lipinski definition) is 28. The van der Waals surface area contributed by atoms with Crippen LogP contribution in [0.1, 0.15) is 132 Å². The molecule has 137 heavy (non-hydrogen) atoms. The first kappa shape index (κ1) is 99.2. The molecule has 12 aromatic rings. The summed E-state index contributed by atoms with van der Waals surface area (Å²) in [5.41, 5.74) is 25.4. The van der Waals surface area contributed by atoms with Gasteiger partial charge in [-0.3, -0.25) is 38.6 Å². The van der Waals surface area contributed by atoms with Crippen LogP contribution in [-0.4, -0.2) is 215 Å². The second kappa shape index (κ2) is 41.2. The summed E-state index contributed by atoms with van der Waals surface area (Å²) in [7, 11) is 0. The number of phenols is 4. The summed E-state index contributed by atoms with van der Waals surface area (Å²) in [5.74, 6) is 4.26. The van der Waals surface area contributed by atoms with E-state index in [1.807, 2.05) is 150 Å². The fourth-order valence-corrected chi connectivity index (χ4v) is 20.5. The van der Waals surface area contributed by atoms with E-state index in [1.54, 1.807) is 89.9 Å². The Hall–Kier alpha value is -12.3. The second-order valence-corrected chi connectivity index (χ2v) is 42.8. The van der Waals surface area contributed by atoms with Crippen molar-refractivity contribution in [3.63, 3.8) is 0 Å². The van der Waals surface area contributed by atoms with Gasteiger partial charge in [-0.2, -0.15) is 0 Å². The topological polar surface area (TPSA) is 452 Å². The van der Waals surface area contributed by atoms with Gasteiger partial charge in [-0.25, -0.2) is 0 Å². The van der Waals surface area contributed by atoms with Crippen molar-refractivity contribution in [3.05, 3.63) is 173 Å². The van der Waals surface area contributed by atoms with Crippen molar-refractivity contribution in [1.82, 2.24) is 80.4 Å². The minimum absolute atomic E-state index is 0.0268. The van der Waals surface area contributed by atoms with Crippen molar-refractivity contribution in [2.75, 3.05) is 89.5 Å². The molecule has 0 spiro atoms. The number of fused-ring (bicyclic) bond motifs is 14. The van der Waals surface area contributed by atoms with Crippen LogP contribution in [-0.2, 0) is 50.4 Å². The summed E-state index contributed by atoms with van der Waals surface area (Å²) >= 11 is 10.9. The van der Waals surface area contributed by atoms with Gasteiger partial charge in [-0.15, -0.1) is 95.3 Å². The molecule has 2 aliphatic heterocycles. The number of nitrogens with two attached hydrogens (primary N) is 3. The fourth-order valence-electron chi connectivity index (χ4n) is 18.1. The quantitative estimate of drug-likeness (QED) is 0.00910. The van der Waals surface area contributed by atoms with Crippen LogP contribution in [0.15, 0.2) is 160 Å². The van der Waals surface area contributed by atoms with E-state index in [2.05, 4.69) is 70.6 Å². The van der Waals surface area contributed by atoms with Gasteiger partial charge in [-0.05, 0) is 155 Å². The number of benzene rings is 8. The third-order valence-electron chi connectivity index (χ3n) is 24.7. The predicted molar refractivity (Wildman–Crippen MR) is 529 cm³/mol. The Kier molecular flexibility index (Phi) is 29.8. The summed E-state index contributed by atoms with van der Waals surface area (Å²) in [6.45, 7) is 31.1. The van der Waals surface area contributed by atoms with Crippen LogP contribution in [0.2, 0.25) is 5.02 Å². The molecule has 4 bridgehead atoms. The molecule has 12 N–H and O–H groups in total. The summed E-state index contributed by atoms with van der Waals surface area (Å²) in [4.78, 5) is 86.1. The molecule has 6 aliphatic rings. The largest absolute Gasteiger partial charge is 0.505 e. The molecule has 4 fully saturated rings. The van der Waals surface area contributed by atoms with E-state index in [0.29, 0.717) is 149 Å². The van der Waals surface area contributed by atoms with Gasteiger partial charge in [0.1, 0.15) is 139 Å². The molecular weight excluding hydrogens is 1820 g/mol. The highest BCUT2D eigenvalue weighted by Crippen LogP contribution is 2.55. The molecule has 2 saturated carbocycles. The number of phenolic OH excluding ortho intramolecular Hbond substituents is 4. The lowest BCUT2D eigenvalue weighted by Gasteiger charge is -2.23. The Bertz CT molecular complexity index is 6580. The number of allylic oxidation sites excluding steroid dienone is 4. The monoisotopic (exact) mass is 1940 g/mol. The highest BCUT2D eigenvalue weighted by molar-refractivity contribution is 7.99. The molecule has 18 rings (SSSR count). The lowest BCUT2D eigenvalue weighted by molar-refractivity contribution is -0.142. The van der Waals surface area contributed by atoms with Gasteiger partial charge < -0.3 is 67.2 Å². The zero-order valence-corrected chi connectivity index (χ0v) is 82.5. The van der Waals surface area contributed by atoms with Gasteiger partial charge in [0.15, 0.2) is 0 Å². The van der Waals surface area contributed by atoms with E-state index in [9.17, 15) is 49.2 Å². The number of nitrogens with one attached hydrogen (secondary N) is 2. The summed E-state index contributed by atoms with van der Waals surface area (Å²) < 4.78 is 23.5. The maximum atomic E-state index is 13.1. The molecule has 0 radical (unpaired) electrons. The first-order valence-electron chi connectivity index (χ1n) is 45.9. The van der Waals surface area contributed by atoms with Crippen LogP contribution in [0, 0.1) is 47.3 Å². The lowest BCUT2D eigenvalue weighted by Crippen LogP contribution is -2.36. The van der Waals surface area contributed by atoms with Gasteiger partial charge in [0.05, 0.1) is 43.3 Å². The Morgan fingerprint density at radius 3 is 0.949 bits per heavy atom. The number of amides is 6. The molecule has 8 aromatic carbocycles. The van der Waals surface area contributed by atoms with Crippen molar-refractivity contribution < 1.29 is 68.1 Å². The minimum atomic E-state index is -0.438. The highest BCUT2D eigenvalue weighted by Gasteiger charge is 2.60. The van der Waals surface area contributed by atoms with Gasteiger partial charge in [0.2, 0.25) is 35.4 Å². The summed E-state index contributed by atoms with van der Waals surface area (Å²) in [5, 5.41) is 86.7. The molecule has 722 valence electrons. The molecule has 4 aromatic heterocycles. The number of carbonyl (C=O) groups excluding carboxylic acids is 6. The average molecular weight is 1940 g/mol. The number of likely N-dealkylation sites (tertiary alicyclic amines) is 2. The van der Waals surface area contributed by atoms with Crippen molar-refractivity contribution in [2.45, 2.75) is 146 Å². The van der Waals surface area contributed by atoms with Gasteiger partial charge >= 0.3 is 0 Å². The number of rotatable bonds is 29. The molecule has 8 unspecified atom stereocenters. The first-order chi connectivity index (χ1) is 65.1. The van der Waals surface area contributed by atoms with Crippen LogP contribution in [0.3, 0.4) is 0 Å². The van der Waals surface area contributed by atoms with E-state index in [1.165, 1.54) is 42.8 Å². The van der Waals surface area contributed by atoms with Crippen molar-refractivity contribution in [1.29, 1.82) is 0 Å². The van der Waals surface area contributed by atoms with E-state index in [0.717, 1.165) is 72.2 Å². The second-order valence-electron chi connectivity index (χ2n) is 38.8. The Labute approximate surface area is 811 Å². The zero-order chi connectivity index (χ0) is 98.0. The van der Waals surface area contributed by atoms with Gasteiger partial charge in [0.25, 0.3) is 0 Å². The van der Waals surface area contributed by atoms with Crippen LogP contribution in [0.5, 0.6) is 46.0 Å². The normalized spacial score (nSPS) is 18.6. The minimum Gasteiger partial charge on any atom is -0.505 e.